The standard InChI is InChI=1S/C49H32N2S/c1-2-10-31(11-3-1)36-28-42(50-43(29-36)35-20-25-41-40-16-8-9-17-46(40)52-47(41)30-35)34-18-23-37(24-19-34)51-44-26-21-32-12-4-6-14-38(32)48(44)49-39-15-7-5-13-33(39)22-27-45(49)51/h1-30,44,48H. The summed E-state index contributed by atoms with van der Waals surface area (Å²) in [5.74, 6) is 0.257. The van der Waals surface area contributed by atoms with Crippen LogP contribution in [0.25, 0.3) is 70.7 Å². The SMILES string of the molecule is C1=CC2C(c3ccccc31)c1c(ccc3ccccc13)N2c1ccc(-c2cc(-c3ccccc3)cc(-c3ccc4c(c3)sc3ccccc34)n2)cc1. The Morgan fingerprint density at radius 1 is 0.500 bits per heavy atom. The Balaban J connectivity index is 1.03. The second kappa shape index (κ2) is 11.6. The Labute approximate surface area is 306 Å². The highest BCUT2D eigenvalue weighted by molar-refractivity contribution is 7.25. The van der Waals surface area contributed by atoms with Crippen molar-refractivity contribution in [3.8, 4) is 33.6 Å². The van der Waals surface area contributed by atoms with Gasteiger partial charge in [0, 0.05) is 48.6 Å². The van der Waals surface area contributed by atoms with E-state index in [1.54, 1.807) is 0 Å². The van der Waals surface area contributed by atoms with E-state index >= 15 is 0 Å². The molecule has 2 unspecified atom stereocenters. The van der Waals surface area contributed by atoms with Crippen LogP contribution < -0.4 is 4.90 Å². The molecular weight excluding hydrogens is 649 g/mol. The lowest BCUT2D eigenvalue weighted by Gasteiger charge is -2.31. The lowest BCUT2D eigenvalue weighted by atomic mass is 9.80. The summed E-state index contributed by atoms with van der Waals surface area (Å²) >= 11 is 1.85. The maximum Gasteiger partial charge on any atom is 0.0716 e. The van der Waals surface area contributed by atoms with Gasteiger partial charge in [-0.05, 0) is 81.1 Å². The van der Waals surface area contributed by atoms with Gasteiger partial charge in [-0.15, -0.1) is 11.3 Å². The summed E-state index contributed by atoms with van der Waals surface area (Å²) in [7, 11) is 0. The largest absolute Gasteiger partial charge is 0.333 e. The first-order valence-electron chi connectivity index (χ1n) is 17.9. The van der Waals surface area contributed by atoms with Gasteiger partial charge in [0.2, 0.25) is 0 Å². The maximum absolute atomic E-state index is 5.33. The van der Waals surface area contributed by atoms with Gasteiger partial charge in [0.25, 0.3) is 0 Å². The molecule has 2 nitrogen and oxygen atoms in total. The first-order valence-corrected chi connectivity index (χ1v) is 18.8. The van der Waals surface area contributed by atoms with E-state index in [1.807, 2.05) is 11.3 Å². The van der Waals surface area contributed by atoms with Gasteiger partial charge in [-0.2, -0.15) is 0 Å². The molecule has 3 heteroatoms. The Hall–Kier alpha value is -6.29. The number of hydrogen-bond donors (Lipinski definition) is 0. The topological polar surface area (TPSA) is 16.1 Å². The van der Waals surface area contributed by atoms with Crippen molar-refractivity contribution in [3.63, 3.8) is 0 Å². The van der Waals surface area contributed by atoms with Crippen LogP contribution in [0.15, 0.2) is 176 Å². The molecule has 1 aliphatic heterocycles. The van der Waals surface area contributed by atoms with E-state index in [0.717, 1.165) is 28.1 Å². The highest BCUT2D eigenvalue weighted by Gasteiger charge is 2.42. The van der Waals surface area contributed by atoms with Crippen LogP contribution in [0.4, 0.5) is 11.4 Å². The molecule has 0 fully saturated rings. The monoisotopic (exact) mass is 680 g/mol. The van der Waals surface area contributed by atoms with E-state index in [-0.39, 0.29) is 12.0 Å². The fourth-order valence-corrected chi connectivity index (χ4v) is 9.74. The van der Waals surface area contributed by atoms with Gasteiger partial charge in [0.05, 0.1) is 17.4 Å². The average Bonchev–Trinajstić information content (AvgIpc) is 3.77. The van der Waals surface area contributed by atoms with E-state index in [2.05, 4.69) is 187 Å². The Morgan fingerprint density at radius 3 is 2.10 bits per heavy atom. The molecule has 9 aromatic rings. The zero-order chi connectivity index (χ0) is 34.2. The first kappa shape index (κ1) is 29.4. The van der Waals surface area contributed by atoms with Gasteiger partial charge in [-0.3, -0.25) is 0 Å². The van der Waals surface area contributed by atoms with Crippen molar-refractivity contribution in [3.05, 3.63) is 193 Å². The van der Waals surface area contributed by atoms with Gasteiger partial charge >= 0.3 is 0 Å². The van der Waals surface area contributed by atoms with Crippen LogP contribution in [-0.4, -0.2) is 11.0 Å². The molecule has 1 aliphatic carbocycles. The van der Waals surface area contributed by atoms with Crippen molar-refractivity contribution in [1.29, 1.82) is 0 Å². The number of hydrogen-bond acceptors (Lipinski definition) is 3. The third-order valence-electron chi connectivity index (χ3n) is 11.0. The minimum absolute atomic E-state index is 0.191. The molecule has 11 rings (SSSR count). The maximum atomic E-state index is 5.33. The highest BCUT2D eigenvalue weighted by Crippen LogP contribution is 2.53. The molecule has 0 N–H and O–H groups in total. The molecular formula is C49H32N2S. The lowest BCUT2D eigenvalue weighted by Crippen LogP contribution is -2.30. The molecule has 2 aliphatic rings. The predicted octanol–water partition coefficient (Wildman–Crippen LogP) is 13.3. The van der Waals surface area contributed by atoms with Crippen LogP contribution in [0, 0.1) is 0 Å². The number of pyridine rings is 1. The summed E-state index contributed by atoms with van der Waals surface area (Å²) in [6, 6.07) is 62.2. The van der Waals surface area contributed by atoms with Crippen LogP contribution in [0.5, 0.6) is 0 Å². The number of anilines is 2. The van der Waals surface area contributed by atoms with Gasteiger partial charge in [0.15, 0.2) is 0 Å². The van der Waals surface area contributed by atoms with Gasteiger partial charge < -0.3 is 4.90 Å². The van der Waals surface area contributed by atoms with E-state index < -0.39 is 0 Å². The van der Waals surface area contributed by atoms with E-state index in [9.17, 15) is 0 Å². The summed E-state index contributed by atoms with van der Waals surface area (Å²) in [6.45, 7) is 0. The number of nitrogens with zero attached hydrogens (tertiary/aromatic N) is 2. The second-order valence-electron chi connectivity index (χ2n) is 13.9. The number of rotatable bonds is 4. The van der Waals surface area contributed by atoms with Crippen LogP contribution in [0.1, 0.15) is 22.6 Å². The van der Waals surface area contributed by atoms with Crippen LogP contribution >= 0.6 is 11.3 Å². The van der Waals surface area contributed by atoms with Crippen LogP contribution in [0.3, 0.4) is 0 Å². The van der Waals surface area contributed by atoms with Gasteiger partial charge in [-0.1, -0.05) is 140 Å². The van der Waals surface area contributed by atoms with E-state index in [1.165, 1.54) is 64.6 Å². The molecule has 0 saturated carbocycles. The summed E-state index contributed by atoms with van der Waals surface area (Å²) in [6.07, 6.45) is 4.71. The number of fused-ring (bicyclic) bond motifs is 10. The smallest absolute Gasteiger partial charge is 0.0716 e. The summed E-state index contributed by atoms with van der Waals surface area (Å²) in [5.41, 5.74) is 13.1. The molecule has 2 atom stereocenters. The summed E-state index contributed by atoms with van der Waals surface area (Å²) < 4.78 is 2.60. The fourth-order valence-electron chi connectivity index (χ4n) is 8.60. The average molecular weight is 681 g/mol. The number of aromatic nitrogens is 1. The third-order valence-corrected chi connectivity index (χ3v) is 12.1. The van der Waals surface area contributed by atoms with Crippen LogP contribution in [0.2, 0.25) is 0 Å². The minimum atomic E-state index is 0.191. The molecule has 2 aromatic heterocycles. The molecule has 0 spiro atoms. The van der Waals surface area contributed by atoms with Crippen molar-refractivity contribution in [2.24, 2.45) is 0 Å². The van der Waals surface area contributed by atoms with E-state index in [0.29, 0.717) is 0 Å². The van der Waals surface area contributed by atoms with Crippen molar-refractivity contribution in [1.82, 2.24) is 4.98 Å². The first-order chi connectivity index (χ1) is 25.8. The van der Waals surface area contributed by atoms with Crippen molar-refractivity contribution in [2.75, 3.05) is 4.90 Å². The van der Waals surface area contributed by atoms with Crippen molar-refractivity contribution in [2.45, 2.75) is 12.0 Å². The van der Waals surface area contributed by atoms with Crippen molar-refractivity contribution >= 4 is 59.7 Å². The third kappa shape index (κ3) is 4.60. The zero-order valence-corrected chi connectivity index (χ0v) is 29.1. The predicted molar refractivity (Wildman–Crippen MR) is 221 cm³/mol. The second-order valence-corrected chi connectivity index (χ2v) is 15.0. The molecule has 0 radical (unpaired) electrons. The molecule has 0 bridgehead atoms. The Morgan fingerprint density at radius 2 is 1.21 bits per heavy atom. The Bertz CT molecular complexity index is 2870. The zero-order valence-electron chi connectivity index (χ0n) is 28.3. The molecule has 52 heavy (non-hydrogen) atoms. The summed E-state index contributed by atoms with van der Waals surface area (Å²) in [5, 5.41) is 5.24. The van der Waals surface area contributed by atoms with E-state index in [4.69, 9.17) is 4.98 Å². The quantitative estimate of drug-likeness (QED) is 0.184. The van der Waals surface area contributed by atoms with Gasteiger partial charge in [0.1, 0.15) is 0 Å². The van der Waals surface area contributed by atoms with Crippen molar-refractivity contribution < 1.29 is 0 Å². The highest BCUT2D eigenvalue weighted by atomic mass is 32.1. The number of benzene rings is 7. The molecule has 7 aromatic carbocycles. The molecule has 0 amide bonds. The normalized spacial score (nSPS) is 16.0. The molecule has 0 saturated heterocycles. The molecule has 3 heterocycles. The van der Waals surface area contributed by atoms with Crippen LogP contribution in [-0.2, 0) is 0 Å². The lowest BCUT2D eigenvalue weighted by molar-refractivity contribution is 0.727. The number of thiophene rings is 1. The minimum Gasteiger partial charge on any atom is -0.333 e. The molecule has 244 valence electrons. The fraction of sp³-hybridized carbons (Fsp3) is 0.0408. The Kier molecular flexibility index (Phi) is 6.58. The summed E-state index contributed by atoms with van der Waals surface area (Å²) in [4.78, 5) is 7.87. The van der Waals surface area contributed by atoms with Gasteiger partial charge in [-0.25, -0.2) is 4.98 Å².